The molecular formula is C15H19NO2. The van der Waals surface area contributed by atoms with Gasteiger partial charge in [-0.25, -0.2) is 0 Å². The molecule has 3 rings (SSSR count). The second-order valence-corrected chi connectivity index (χ2v) is 5.46. The van der Waals surface area contributed by atoms with Gasteiger partial charge in [0.25, 0.3) is 0 Å². The predicted molar refractivity (Wildman–Crippen MR) is 71.0 cm³/mol. The number of aryl methyl sites for hydroxylation is 1. The summed E-state index contributed by atoms with van der Waals surface area (Å²) < 4.78 is 0. The third-order valence-electron chi connectivity index (χ3n) is 3.95. The second-order valence-electron chi connectivity index (χ2n) is 5.46. The monoisotopic (exact) mass is 245 g/mol. The molecule has 0 aromatic heterocycles. The standard InChI is InChI=1S/C15H19NO2/c17-14(18)7-6-12-2-1-3-13-8-9-16(15(12)13)10-11-4-5-11/h1-3,11H,4-10H2,(H,17,18). The number of anilines is 1. The molecule has 0 radical (unpaired) electrons. The first-order valence-electron chi connectivity index (χ1n) is 6.81. The molecule has 1 fully saturated rings. The van der Waals surface area contributed by atoms with Crippen LogP contribution in [0.25, 0.3) is 0 Å². The third kappa shape index (κ3) is 2.35. The summed E-state index contributed by atoms with van der Waals surface area (Å²) in [6.07, 6.45) is 4.72. The van der Waals surface area contributed by atoms with Crippen molar-refractivity contribution in [2.75, 3.05) is 18.0 Å². The molecule has 0 atom stereocenters. The van der Waals surface area contributed by atoms with Gasteiger partial charge in [-0.05, 0) is 42.7 Å². The van der Waals surface area contributed by atoms with Crippen LogP contribution in [-0.2, 0) is 17.6 Å². The average molecular weight is 245 g/mol. The number of nitrogens with zero attached hydrogens (tertiary/aromatic N) is 1. The minimum Gasteiger partial charge on any atom is -0.481 e. The molecule has 1 aliphatic heterocycles. The fraction of sp³-hybridized carbons (Fsp3) is 0.533. The Balaban J connectivity index is 1.81. The molecule has 1 heterocycles. The van der Waals surface area contributed by atoms with Crippen molar-refractivity contribution in [1.29, 1.82) is 0 Å². The normalized spacial score (nSPS) is 17.9. The summed E-state index contributed by atoms with van der Waals surface area (Å²) in [6, 6.07) is 6.34. The van der Waals surface area contributed by atoms with Gasteiger partial charge in [-0.1, -0.05) is 18.2 Å². The van der Waals surface area contributed by atoms with Crippen LogP contribution < -0.4 is 4.90 Å². The molecular weight excluding hydrogens is 226 g/mol. The maximum Gasteiger partial charge on any atom is 0.303 e. The van der Waals surface area contributed by atoms with Gasteiger partial charge in [0, 0.05) is 25.2 Å². The molecule has 0 amide bonds. The van der Waals surface area contributed by atoms with Gasteiger partial charge in [0.2, 0.25) is 0 Å². The van der Waals surface area contributed by atoms with Crippen molar-refractivity contribution in [1.82, 2.24) is 0 Å². The van der Waals surface area contributed by atoms with Gasteiger partial charge >= 0.3 is 5.97 Å². The minimum absolute atomic E-state index is 0.230. The molecule has 1 aromatic carbocycles. The van der Waals surface area contributed by atoms with E-state index in [9.17, 15) is 4.79 Å². The largest absolute Gasteiger partial charge is 0.481 e. The highest BCUT2D eigenvalue weighted by Gasteiger charge is 2.29. The lowest BCUT2D eigenvalue weighted by molar-refractivity contribution is -0.136. The lowest BCUT2D eigenvalue weighted by atomic mass is 10.0. The van der Waals surface area contributed by atoms with Crippen LogP contribution in [0.5, 0.6) is 0 Å². The van der Waals surface area contributed by atoms with Crippen LogP contribution in [0.2, 0.25) is 0 Å². The zero-order chi connectivity index (χ0) is 12.5. The summed E-state index contributed by atoms with van der Waals surface area (Å²) >= 11 is 0. The van der Waals surface area contributed by atoms with Crippen molar-refractivity contribution >= 4 is 11.7 Å². The number of fused-ring (bicyclic) bond motifs is 1. The fourth-order valence-corrected chi connectivity index (χ4v) is 2.86. The lowest BCUT2D eigenvalue weighted by Gasteiger charge is -2.22. The number of carbonyl (C=O) groups is 1. The smallest absolute Gasteiger partial charge is 0.303 e. The molecule has 0 unspecified atom stereocenters. The van der Waals surface area contributed by atoms with Gasteiger partial charge in [-0.15, -0.1) is 0 Å². The molecule has 1 saturated carbocycles. The fourth-order valence-electron chi connectivity index (χ4n) is 2.86. The molecule has 2 aliphatic rings. The van der Waals surface area contributed by atoms with Gasteiger partial charge in [0.05, 0.1) is 0 Å². The van der Waals surface area contributed by atoms with Crippen molar-refractivity contribution in [3.05, 3.63) is 29.3 Å². The molecule has 0 bridgehead atoms. The van der Waals surface area contributed by atoms with E-state index in [1.807, 2.05) is 0 Å². The highest BCUT2D eigenvalue weighted by atomic mass is 16.4. The summed E-state index contributed by atoms with van der Waals surface area (Å²) in [5.41, 5.74) is 3.96. The van der Waals surface area contributed by atoms with Crippen LogP contribution in [0.15, 0.2) is 18.2 Å². The van der Waals surface area contributed by atoms with E-state index >= 15 is 0 Å². The van der Waals surface area contributed by atoms with Crippen molar-refractivity contribution in [2.45, 2.75) is 32.1 Å². The first kappa shape index (κ1) is 11.6. The Morgan fingerprint density at radius 3 is 2.94 bits per heavy atom. The van der Waals surface area contributed by atoms with Gasteiger partial charge in [-0.2, -0.15) is 0 Å². The molecule has 1 aliphatic carbocycles. The Labute approximate surface area is 107 Å². The van der Waals surface area contributed by atoms with E-state index < -0.39 is 5.97 Å². The van der Waals surface area contributed by atoms with Crippen molar-refractivity contribution in [3.8, 4) is 0 Å². The van der Waals surface area contributed by atoms with E-state index in [-0.39, 0.29) is 6.42 Å². The molecule has 1 aromatic rings. The first-order chi connectivity index (χ1) is 8.74. The Bertz CT molecular complexity index is 466. The summed E-state index contributed by atoms with van der Waals surface area (Å²) in [5.74, 6) is 0.169. The van der Waals surface area contributed by atoms with E-state index in [4.69, 9.17) is 5.11 Å². The van der Waals surface area contributed by atoms with Crippen LogP contribution in [0, 0.1) is 5.92 Å². The number of hydrogen-bond acceptors (Lipinski definition) is 2. The third-order valence-corrected chi connectivity index (χ3v) is 3.95. The summed E-state index contributed by atoms with van der Waals surface area (Å²) in [7, 11) is 0. The minimum atomic E-state index is -0.709. The van der Waals surface area contributed by atoms with E-state index in [1.165, 1.54) is 29.7 Å². The van der Waals surface area contributed by atoms with Crippen LogP contribution in [0.4, 0.5) is 5.69 Å². The maximum absolute atomic E-state index is 10.7. The summed E-state index contributed by atoms with van der Waals surface area (Å²) in [5, 5.41) is 8.83. The molecule has 96 valence electrons. The van der Waals surface area contributed by atoms with Gasteiger partial charge in [0.1, 0.15) is 0 Å². The number of carboxylic acids is 1. The van der Waals surface area contributed by atoms with E-state index in [1.54, 1.807) is 0 Å². The highest BCUT2D eigenvalue weighted by Crippen LogP contribution is 2.37. The summed E-state index contributed by atoms with van der Waals surface area (Å²) in [4.78, 5) is 13.2. The Kier molecular flexibility index (Phi) is 2.98. The average Bonchev–Trinajstić information content (AvgIpc) is 3.07. The molecule has 3 heteroatoms. The predicted octanol–water partition coefficient (Wildman–Crippen LogP) is 2.48. The molecule has 0 saturated heterocycles. The van der Waals surface area contributed by atoms with Gasteiger partial charge < -0.3 is 10.0 Å². The van der Waals surface area contributed by atoms with Gasteiger partial charge in [-0.3, -0.25) is 4.79 Å². The Hall–Kier alpha value is -1.51. The number of aliphatic carboxylic acids is 1. The van der Waals surface area contributed by atoms with Crippen LogP contribution >= 0.6 is 0 Å². The van der Waals surface area contributed by atoms with Crippen LogP contribution in [0.1, 0.15) is 30.4 Å². The summed E-state index contributed by atoms with van der Waals surface area (Å²) in [6.45, 7) is 2.27. The molecule has 3 nitrogen and oxygen atoms in total. The topological polar surface area (TPSA) is 40.5 Å². The van der Waals surface area contributed by atoms with Crippen molar-refractivity contribution in [3.63, 3.8) is 0 Å². The molecule has 0 spiro atoms. The number of para-hydroxylation sites is 1. The van der Waals surface area contributed by atoms with Crippen molar-refractivity contribution < 1.29 is 9.90 Å². The SMILES string of the molecule is O=C(O)CCc1cccc2c1N(CC1CC1)CC2. The Morgan fingerprint density at radius 1 is 1.39 bits per heavy atom. The van der Waals surface area contributed by atoms with E-state index in [2.05, 4.69) is 23.1 Å². The first-order valence-corrected chi connectivity index (χ1v) is 6.81. The number of rotatable bonds is 5. The van der Waals surface area contributed by atoms with Crippen LogP contribution in [0.3, 0.4) is 0 Å². The number of carboxylic acid groups (broad SMARTS) is 1. The lowest BCUT2D eigenvalue weighted by Crippen LogP contribution is -2.24. The van der Waals surface area contributed by atoms with Crippen molar-refractivity contribution in [2.24, 2.45) is 5.92 Å². The van der Waals surface area contributed by atoms with Gasteiger partial charge in [0.15, 0.2) is 0 Å². The molecule has 18 heavy (non-hydrogen) atoms. The molecule has 1 N–H and O–H groups in total. The number of hydrogen-bond donors (Lipinski definition) is 1. The number of benzene rings is 1. The zero-order valence-corrected chi connectivity index (χ0v) is 10.6. The Morgan fingerprint density at radius 2 is 2.22 bits per heavy atom. The second kappa shape index (κ2) is 4.63. The zero-order valence-electron chi connectivity index (χ0n) is 10.6. The van der Waals surface area contributed by atoms with Crippen LogP contribution in [-0.4, -0.2) is 24.2 Å². The highest BCUT2D eigenvalue weighted by molar-refractivity contribution is 5.69. The maximum atomic E-state index is 10.7. The quantitative estimate of drug-likeness (QED) is 0.866. The van der Waals surface area contributed by atoms with E-state index in [0.717, 1.165) is 25.4 Å². The van der Waals surface area contributed by atoms with E-state index in [0.29, 0.717) is 6.42 Å².